The SMILES string of the molecule is CN1CC2CCCC(C1)C2=CC(=O)O. The molecule has 0 amide bonds. The average molecular weight is 195 g/mol. The second-order valence-corrected chi connectivity index (χ2v) is 4.53. The summed E-state index contributed by atoms with van der Waals surface area (Å²) in [7, 11) is 2.13. The van der Waals surface area contributed by atoms with Crippen molar-refractivity contribution in [3.63, 3.8) is 0 Å². The number of carboxylic acids is 1. The van der Waals surface area contributed by atoms with E-state index in [1.807, 2.05) is 0 Å². The minimum atomic E-state index is -0.776. The number of fused-ring (bicyclic) bond motifs is 2. The van der Waals surface area contributed by atoms with E-state index in [-0.39, 0.29) is 0 Å². The van der Waals surface area contributed by atoms with Crippen molar-refractivity contribution in [1.82, 2.24) is 4.90 Å². The van der Waals surface area contributed by atoms with Crippen molar-refractivity contribution in [2.45, 2.75) is 19.3 Å². The Morgan fingerprint density at radius 2 is 2.00 bits per heavy atom. The Hall–Kier alpha value is -0.830. The molecule has 1 heterocycles. The summed E-state index contributed by atoms with van der Waals surface area (Å²) in [5, 5.41) is 8.80. The standard InChI is InChI=1S/C11H17NO2/c1-12-6-8-3-2-4-9(7-12)10(8)5-11(13)14/h5,8-9H,2-4,6-7H2,1H3,(H,13,14). The predicted octanol–water partition coefficient (Wildman–Crippen LogP) is 1.36. The van der Waals surface area contributed by atoms with Crippen LogP contribution < -0.4 is 0 Å². The van der Waals surface area contributed by atoms with Gasteiger partial charge in [-0.1, -0.05) is 12.0 Å². The highest BCUT2D eigenvalue weighted by atomic mass is 16.4. The largest absolute Gasteiger partial charge is 0.478 e. The van der Waals surface area contributed by atoms with Crippen LogP contribution in [0.5, 0.6) is 0 Å². The van der Waals surface area contributed by atoms with Gasteiger partial charge in [-0.25, -0.2) is 4.79 Å². The lowest BCUT2D eigenvalue weighted by Crippen LogP contribution is -2.42. The van der Waals surface area contributed by atoms with Gasteiger partial charge in [0.2, 0.25) is 0 Å². The minimum absolute atomic E-state index is 0.503. The van der Waals surface area contributed by atoms with E-state index in [1.165, 1.54) is 30.9 Å². The Kier molecular flexibility index (Phi) is 2.59. The van der Waals surface area contributed by atoms with Crippen molar-refractivity contribution in [3.05, 3.63) is 11.6 Å². The highest BCUT2D eigenvalue weighted by Crippen LogP contribution is 2.38. The molecule has 2 bridgehead atoms. The Morgan fingerprint density at radius 1 is 1.43 bits per heavy atom. The van der Waals surface area contributed by atoms with Gasteiger partial charge in [0.05, 0.1) is 0 Å². The molecule has 3 nitrogen and oxygen atoms in total. The van der Waals surface area contributed by atoms with Gasteiger partial charge in [-0.15, -0.1) is 0 Å². The number of likely N-dealkylation sites (tertiary alicyclic amines) is 1. The molecule has 14 heavy (non-hydrogen) atoms. The Labute approximate surface area is 84.4 Å². The molecule has 0 aromatic carbocycles. The Bertz CT molecular complexity index is 256. The maximum Gasteiger partial charge on any atom is 0.328 e. The fraction of sp³-hybridized carbons (Fsp3) is 0.727. The van der Waals surface area contributed by atoms with E-state index in [0.29, 0.717) is 11.8 Å². The quantitative estimate of drug-likeness (QED) is 0.642. The van der Waals surface area contributed by atoms with Gasteiger partial charge in [0.25, 0.3) is 0 Å². The van der Waals surface area contributed by atoms with Crippen LogP contribution in [0.25, 0.3) is 0 Å². The van der Waals surface area contributed by atoms with Crippen molar-refractivity contribution >= 4 is 5.97 Å². The second-order valence-electron chi connectivity index (χ2n) is 4.53. The van der Waals surface area contributed by atoms with Crippen molar-refractivity contribution < 1.29 is 9.90 Å². The number of nitrogens with zero attached hydrogens (tertiary/aromatic N) is 1. The van der Waals surface area contributed by atoms with Gasteiger partial charge in [0, 0.05) is 19.2 Å². The van der Waals surface area contributed by atoms with Crippen LogP contribution in [0.15, 0.2) is 11.6 Å². The van der Waals surface area contributed by atoms with Crippen molar-refractivity contribution in [2.24, 2.45) is 11.8 Å². The zero-order chi connectivity index (χ0) is 10.1. The summed E-state index contributed by atoms with van der Waals surface area (Å²) in [6.45, 7) is 2.07. The molecular weight excluding hydrogens is 178 g/mol. The molecule has 1 aliphatic carbocycles. The number of hydrogen-bond donors (Lipinski definition) is 1. The summed E-state index contributed by atoms with van der Waals surface area (Å²) in [5.41, 5.74) is 1.20. The summed E-state index contributed by atoms with van der Waals surface area (Å²) in [6, 6.07) is 0. The van der Waals surface area contributed by atoms with Crippen LogP contribution in [0, 0.1) is 11.8 Å². The fourth-order valence-corrected chi connectivity index (χ4v) is 2.88. The van der Waals surface area contributed by atoms with Crippen LogP contribution in [-0.2, 0) is 4.79 Å². The molecule has 2 atom stereocenters. The highest BCUT2D eigenvalue weighted by molar-refractivity contribution is 5.81. The van der Waals surface area contributed by atoms with Gasteiger partial charge in [-0.2, -0.15) is 0 Å². The van der Waals surface area contributed by atoms with Gasteiger partial charge < -0.3 is 10.0 Å². The molecule has 3 heteroatoms. The number of piperidine rings is 1. The van der Waals surface area contributed by atoms with Crippen LogP contribution in [0.2, 0.25) is 0 Å². The lowest BCUT2D eigenvalue weighted by molar-refractivity contribution is -0.131. The first-order chi connectivity index (χ1) is 6.66. The van der Waals surface area contributed by atoms with Crippen LogP contribution in [0.4, 0.5) is 0 Å². The third kappa shape index (κ3) is 1.82. The van der Waals surface area contributed by atoms with Crippen molar-refractivity contribution in [3.8, 4) is 0 Å². The lowest BCUT2D eigenvalue weighted by atomic mass is 9.73. The number of carbonyl (C=O) groups is 1. The first-order valence-corrected chi connectivity index (χ1v) is 5.30. The topological polar surface area (TPSA) is 40.5 Å². The molecule has 1 saturated heterocycles. The molecule has 2 rings (SSSR count). The number of carboxylic acid groups (broad SMARTS) is 1. The monoisotopic (exact) mass is 195 g/mol. The fourth-order valence-electron chi connectivity index (χ4n) is 2.88. The molecule has 1 aliphatic heterocycles. The van der Waals surface area contributed by atoms with E-state index in [4.69, 9.17) is 5.11 Å². The normalized spacial score (nSPS) is 32.8. The maximum atomic E-state index is 10.7. The van der Waals surface area contributed by atoms with Crippen LogP contribution in [-0.4, -0.2) is 36.1 Å². The van der Waals surface area contributed by atoms with E-state index in [9.17, 15) is 4.79 Å². The third-order valence-electron chi connectivity index (χ3n) is 3.40. The summed E-state index contributed by atoms with van der Waals surface area (Å²) in [5.74, 6) is 0.230. The summed E-state index contributed by atoms with van der Waals surface area (Å²) < 4.78 is 0. The van der Waals surface area contributed by atoms with Crippen molar-refractivity contribution in [2.75, 3.05) is 20.1 Å². The van der Waals surface area contributed by atoms with Gasteiger partial charge >= 0.3 is 5.97 Å². The van der Waals surface area contributed by atoms with Gasteiger partial charge in [-0.3, -0.25) is 0 Å². The molecule has 0 spiro atoms. The molecule has 0 aromatic rings. The first-order valence-electron chi connectivity index (χ1n) is 5.30. The van der Waals surface area contributed by atoms with Crippen LogP contribution in [0.1, 0.15) is 19.3 Å². The zero-order valence-electron chi connectivity index (χ0n) is 8.57. The molecule has 2 unspecified atom stereocenters. The van der Waals surface area contributed by atoms with Crippen LogP contribution in [0.3, 0.4) is 0 Å². The lowest BCUT2D eigenvalue weighted by Gasteiger charge is -2.42. The molecule has 78 valence electrons. The smallest absolute Gasteiger partial charge is 0.328 e. The second kappa shape index (κ2) is 3.73. The van der Waals surface area contributed by atoms with Gasteiger partial charge in [0.15, 0.2) is 0 Å². The van der Waals surface area contributed by atoms with E-state index in [0.717, 1.165) is 13.1 Å². The van der Waals surface area contributed by atoms with Gasteiger partial charge in [-0.05, 0) is 31.7 Å². The molecule has 0 radical (unpaired) electrons. The van der Waals surface area contributed by atoms with E-state index in [1.54, 1.807) is 0 Å². The number of rotatable bonds is 1. The predicted molar refractivity (Wildman–Crippen MR) is 54.0 cm³/mol. The van der Waals surface area contributed by atoms with Crippen molar-refractivity contribution in [1.29, 1.82) is 0 Å². The maximum absolute atomic E-state index is 10.7. The van der Waals surface area contributed by atoms with E-state index in [2.05, 4.69) is 11.9 Å². The number of hydrogen-bond acceptors (Lipinski definition) is 2. The molecule has 2 fully saturated rings. The molecule has 2 aliphatic rings. The number of aliphatic carboxylic acids is 1. The minimum Gasteiger partial charge on any atom is -0.478 e. The molecule has 0 aromatic heterocycles. The highest BCUT2D eigenvalue weighted by Gasteiger charge is 2.33. The third-order valence-corrected chi connectivity index (χ3v) is 3.40. The first kappa shape index (κ1) is 9.71. The van der Waals surface area contributed by atoms with Crippen LogP contribution >= 0.6 is 0 Å². The van der Waals surface area contributed by atoms with E-state index >= 15 is 0 Å². The molecular formula is C11H17NO2. The summed E-state index contributed by atoms with van der Waals surface area (Å²) in [4.78, 5) is 13.0. The summed E-state index contributed by atoms with van der Waals surface area (Å²) >= 11 is 0. The Balaban J connectivity index is 2.20. The Morgan fingerprint density at radius 3 is 2.50 bits per heavy atom. The molecule has 1 N–H and O–H groups in total. The van der Waals surface area contributed by atoms with E-state index < -0.39 is 5.97 Å². The zero-order valence-corrected chi connectivity index (χ0v) is 8.57. The average Bonchev–Trinajstić information content (AvgIpc) is 2.05. The van der Waals surface area contributed by atoms with Gasteiger partial charge in [0.1, 0.15) is 0 Å². The summed E-state index contributed by atoms with van der Waals surface area (Å²) in [6.07, 6.45) is 5.06. The molecule has 1 saturated carbocycles.